The molecule has 2 N–H and O–H groups in total. The summed E-state index contributed by atoms with van der Waals surface area (Å²) in [4.78, 5) is 24.7. The summed E-state index contributed by atoms with van der Waals surface area (Å²) >= 11 is 13.2. The third-order valence-electron chi connectivity index (χ3n) is 4.36. The second-order valence-electron chi connectivity index (χ2n) is 6.81. The minimum Gasteiger partial charge on any atom is -0.345 e. The molecule has 0 bridgehead atoms. The maximum Gasteiger partial charge on any atom is 0.253 e. The number of carbonyl (C=O) groups is 2. The van der Waals surface area contributed by atoms with Gasteiger partial charge in [-0.25, -0.2) is 0 Å². The predicted molar refractivity (Wildman–Crippen MR) is 128 cm³/mol. The summed E-state index contributed by atoms with van der Waals surface area (Å²) in [6.45, 7) is 6.31. The van der Waals surface area contributed by atoms with E-state index in [1.54, 1.807) is 22.8 Å². The summed E-state index contributed by atoms with van der Waals surface area (Å²) in [5, 5.41) is 15.2. The van der Waals surface area contributed by atoms with Crippen molar-refractivity contribution in [3.63, 3.8) is 0 Å². The zero-order chi connectivity index (χ0) is 23.1. The second-order valence-corrected chi connectivity index (χ2v) is 8.59. The van der Waals surface area contributed by atoms with Gasteiger partial charge in [0.15, 0.2) is 11.0 Å². The summed E-state index contributed by atoms with van der Waals surface area (Å²) in [5.74, 6) is 0.186. The van der Waals surface area contributed by atoms with Crippen molar-refractivity contribution < 1.29 is 9.59 Å². The van der Waals surface area contributed by atoms with Crippen molar-refractivity contribution in [1.82, 2.24) is 20.1 Å². The SMILES string of the molecule is C=CCn1c(CNC(=O)c2ccc(Cl)cc2Cl)nnc1SCC(=O)Nc1ccc(C)cc1. The molecular formula is C22H21Cl2N5O2S. The first kappa shape index (κ1) is 23.8. The van der Waals surface area contributed by atoms with E-state index in [4.69, 9.17) is 23.2 Å². The van der Waals surface area contributed by atoms with Gasteiger partial charge in [-0.2, -0.15) is 0 Å². The Balaban J connectivity index is 1.61. The second kappa shape index (κ2) is 11.2. The van der Waals surface area contributed by atoms with E-state index < -0.39 is 0 Å². The van der Waals surface area contributed by atoms with E-state index in [1.807, 2.05) is 31.2 Å². The number of nitrogens with one attached hydrogen (secondary N) is 2. The number of hydrogen-bond acceptors (Lipinski definition) is 5. The summed E-state index contributed by atoms with van der Waals surface area (Å²) in [7, 11) is 0. The van der Waals surface area contributed by atoms with Gasteiger partial charge in [0, 0.05) is 17.3 Å². The number of anilines is 1. The van der Waals surface area contributed by atoms with Crippen molar-refractivity contribution in [2.45, 2.75) is 25.2 Å². The molecule has 0 fully saturated rings. The number of nitrogens with zero attached hydrogens (tertiary/aromatic N) is 3. The minimum absolute atomic E-state index is 0.134. The molecule has 1 aromatic heterocycles. The quantitative estimate of drug-likeness (QED) is 0.334. The lowest BCUT2D eigenvalue weighted by Gasteiger charge is -2.10. The highest BCUT2D eigenvalue weighted by molar-refractivity contribution is 7.99. The summed E-state index contributed by atoms with van der Waals surface area (Å²) in [5.41, 5.74) is 2.17. The highest BCUT2D eigenvalue weighted by Gasteiger charge is 2.16. The van der Waals surface area contributed by atoms with Crippen LogP contribution in [0.25, 0.3) is 0 Å². The number of halogens is 2. The van der Waals surface area contributed by atoms with Crippen LogP contribution < -0.4 is 10.6 Å². The maximum absolute atomic E-state index is 12.5. The van der Waals surface area contributed by atoms with Gasteiger partial charge < -0.3 is 15.2 Å². The Morgan fingerprint density at radius 1 is 1.16 bits per heavy atom. The Labute approximate surface area is 200 Å². The number of hydrogen-bond donors (Lipinski definition) is 2. The molecule has 1 heterocycles. The molecule has 7 nitrogen and oxygen atoms in total. The fourth-order valence-electron chi connectivity index (χ4n) is 2.76. The number of benzene rings is 2. The zero-order valence-corrected chi connectivity index (χ0v) is 19.6. The smallest absolute Gasteiger partial charge is 0.253 e. The van der Waals surface area contributed by atoms with Gasteiger partial charge in [0.05, 0.1) is 22.9 Å². The highest BCUT2D eigenvalue weighted by Crippen LogP contribution is 2.21. The lowest BCUT2D eigenvalue weighted by atomic mass is 10.2. The Morgan fingerprint density at radius 2 is 1.91 bits per heavy atom. The molecule has 0 aliphatic heterocycles. The maximum atomic E-state index is 12.5. The molecule has 3 aromatic rings. The van der Waals surface area contributed by atoms with Crippen LogP contribution >= 0.6 is 35.0 Å². The van der Waals surface area contributed by atoms with Crippen molar-refractivity contribution >= 4 is 52.5 Å². The molecule has 2 aromatic carbocycles. The van der Waals surface area contributed by atoms with Gasteiger partial charge in [-0.3, -0.25) is 9.59 Å². The van der Waals surface area contributed by atoms with E-state index in [1.165, 1.54) is 17.8 Å². The zero-order valence-electron chi connectivity index (χ0n) is 17.3. The van der Waals surface area contributed by atoms with Crippen LogP contribution in [0.3, 0.4) is 0 Å². The third-order valence-corrected chi connectivity index (χ3v) is 5.87. The summed E-state index contributed by atoms with van der Waals surface area (Å²) in [6, 6.07) is 12.2. The molecule has 2 amide bonds. The molecule has 3 rings (SSSR count). The van der Waals surface area contributed by atoms with Gasteiger partial charge in [0.2, 0.25) is 5.91 Å². The van der Waals surface area contributed by atoms with Crippen LogP contribution in [-0.4, -0.2) is 32.3 Å². The average molecular weight is 490 g/mol. The van der Waals surface area contributed by atoms with Gasteiger partial charge in [-0.05, 0) is 37.3 Å². The molecule has 0 aliphatic carbocycles. The van der Waals surface area contributed by atoms with Crippen molar-refractivity contribution in [1.29, 1.82) is 0 Å². The average Bonchev–Trinajstić information content (AvgIpc) is 3.14. The first-order chi connectivity index (χ1) is 15.4. The van der Waals surface area contributed by atoms with Crippen molar-refractivity contribution in [2.24, 2.45) is 0 Å². The molecule has 0 saturated heterocycles. The summed E-state index contributed by atoms with van der Waals surface area (Å²) in [6.07, 6.45) is 1.70. The molecule has 32 heavy (non-hydrogen) atoms. The molecule has 0 spiro atoms. The van der Waals surface area contributed by atoms with Crippen LogP contribution in [-0.2, 0) is 17.9 Å². The Hall–Kier alpha value is -2.81. The van der Waals surface area contributed by atoms with Crippen molar-refractivity contribution in [3.8, 4) is 0 Å². The van der Waals surface area contributed by atoms with E-state index >= 15 is 0 Å². The Bertz CT molecular complexity index is 1130. The van der Waals surface area contributed by atoms with Crippen LogP contribution in [0, 0.1) is 6.92 Å². The standard InChI is InChI=1S/C22H21Cl2N5O2S/c1-3-10-29-19(12-25-21(31)17-9-6-15(23)11-18(17)24)27-28-22(29)32-13-20(30)26-16-7-4-14(2)5-8-16/h3-9,11H,1,10,12-13H2,2H3,(H,25,31)(H,26,30). The van der Waals surface area contributed by atoms with Crippen LogP contribution in [0.4, 0.5) is 5.69 Å². The molecular weight excluding hydrogens is 469 g/mol. The minimum atomic E-state index is -0.355. The van der Waals surface area contributed by atoms with Gasteiger partial charge in [-0.15, -0.1) is 16.8 Å². The first-order valence-electron chi connectivity index (χ1n) is 9.63. The third kappa shape index (κ3) is 6.35. The number of aryl methyl sites for hydroxylation is 1. The molecule has 166 valence electrons. The van der Waals surface area contributed by atoms with E-state index in [0.29, 0.717) is 28.1 Å². The molecule has 0 atom stereocenters. The van der Waals surface area contributed by atoms with Gasteiger partial charge in [0.1, 0.15) is 0 Å². The number of amides is 2. The fourth-order valence-corrected chi connectivity index (χ4v) is 4.02. The van der Waals surface area contributed by atoms with Crippen molar-refractivity contribution in [2.75, 3.05) is 11.1 Å². The lowest BCUT2D eigenvalue weighted by molar-refractivity contribution is -0.113. The molecule has 0 radical (unpaired) electrons. The predicted octanol–water partition coefficient (Wildman–Crippen LogP) is 4.74. The molecule has 10 heteroatoms. The van der Waals surface area contributed by atoms with E-state index in [9.17, 15) is 9.59 Å². The first-order valence-corrected chi connectivity index (χ1v) is 11.4. The molecule has 0 aliphatic rings. The lowest BCUT2D eigenvalue weighted by Crippen LogP contribution is -2.25. The monoisotopic (exact) mass is 489 g/mol. The van der Waals surface area contributed by atoms with Gasteiger partial charge in [-0.1, -0.05) is 58.7 Å². The number of rotatable bonds is 9. The van der Waals surface area contributed by atoms with Crippen LogP contribution in [0.15, 0.2) is 60.3 Å². The van der Waals surface area contributed by atoms with Gasteiger partial charge >= 0.3 is 0 Å². The van der Waals surface area contributed by atoms with Crippen LogP contribution in [0.5, 0.6) is 0 Å². The topological polar surface area (TPSA) is 88.9 Å². The number of thioether (sulfide) groups is 1. The fraction of sp³-hybridized carbons (Fsp3) is 0.182. The highest BCUT2D eigenvalue weighted by atomic mass is 35.5. The van der Waals surface area contributed by atoms with Crippen LogP contribution in [0.2, 0.25) is 10.0 Å². The van der Waals surface area contributed by atoms with Crippen molar-refractivity contribution in [3.05, 3.63) is 82.1 Å². The Kier molecular flexibility index (Phi) is 8.33. The van der Waals surface area contributed by atoms with Crippen LogP contribution in [0.1, 0.15) is 21.7 Å². The molecule has 0 saturated carbocycles. The number of allylic oxidation sites excluding steroid dienone is 1. The largest absolute Gasteiger partial charge is 0.345 e. The summed E-state index contributed by atoms with van der Waals surface area (Å²) < 4.78 is 1.79. The number of aromatic nitrogens is 3. The number of carbonyl (C=O) groups excluding carboxylic acids is 2. The van der Waals surface area contributed by atoms with E-state index in [2.05, 4.69) is 27.4 Å². The Morgan fingerprint density at radius 3 is 2.59 bits per heavy atom. The molecule has 0 unspecified atom stereocenters. The van der Waals surface area contributed by atoms with E-state index in [0.717, 1.165) is 11.3 Å². The van der Waals surface area contributed by atoms with E-state index in [-0.39, 0.29) is 29.1 Å². The van der Waals surface area contributed by atoms with Gasteiger partial charge in [0.25, 0.3) is 5.91 Å². The normalized spacial score (nSPS) is 10.6.